The minimum atomic E-state index is -0.755. The van der Waals surface area contributed by atoms with Crippen molar-refractivity contribution in [3.05, 3.63) is 0 Å². The number of aliphatic hydroxyl groups is 1. The van der Waals surface area contributed by atoms with Crippen molar-refractivity contribution in [3.63, 3.8) is 0 Å². The highest BCUT2D eigenvalue weighted by Gasteiger charge is 2.11. The summed E-state index contributed by atoms with van der Waals surface area (Å²) in [5, 5.41) is 20.5. The SMILES string of the molecule is CC(C)C(CCO)NCCCC(=O)O. The maximum atomic E-state index is 10.2. The largest absolute Gasteiger partial charge is 0.481 e. The van der Waals surface area contributed by atoms with Gasteiger partial charge >= 0.3 is 5.97 Å². The molecule has 0 aromatic rings. The molecule has 0 aliphatic heterocycles. The fourth-order valence-corrected chi connectivity index (χ4v) is 1.34. The van der Waals surface area contributed by atoms with Crippen molar-refractivity contribution in [1.29, 1.82) is 0 Å². The Morgan fingerprint density at radius 1 is 1.43 bits per heavy atom. The average molecular weight is 203 g/mol. The van der Waals surface area contributed by atoms with Crippen LogP contribution in [-0.4, -0.2) is 35.4 Å². The van der Waals surface area contributed by atoms with Crippen molar-refractivity contribution >= 4 is 5.97 Å². The van der Waals surface area contributed by atoms with Crippen molar-refractivity contribution in [3.8, 4) is 0 Å². The molecule has 0 heterocycles. The molecule has 0 saturated heterocycles. The second-order valence-corrected chi connectivity index (χ2v) is 3.81. The van der Waals surface area contributed by atoms with Crippen LogP contribution in [0.5, 0.6) is 0 Å². The Balaban J connectivity index is 3.55. The summed E-state index contributed by atoms with van der Waals surface area (Å²) in [4.78, 5) is 10.2. The second kappa shape index (κ2) is 7.76. The zero-order valence-corrected chi connectivity index (χ0v) is 8.99. The van der Waals surface area contributed by atoms with E-state index < -0.39 is 5.97 Å². The lowest BCUT2D eigenvalue weighted by atomic mass is 10.0. The van der Waals surface area contributed by atoms with Gasteiger partial charge in [-0.1, -0.05) is 13.8 Å². The van der Waals surface area contributed by atoms with E-state index in [-0.39, 0.29) is 19.1 Å². The number of aliphatic hydroxyl groups excluding tert-OH is 1. The third-order valence-corrected chi connectivity index (χ3v) is 2.22. The standard InChI is InChI=1S/C10H21NO3/c1-8(2)9(5-7-12)11-6-3-4-10(13)14/h8-9,11-12H,3-7H2,1-2H3,(H,13,14). The first-order valence-corrected chi connectivity index (χ1v) is 5.14. The van der Waals surface area contributed by atoms with Crippen LogP contribution in [0.3, 0.4) is 0 Å². The summed E-state index contributed by atoms with van der Waals surface area (Å²) < 4.78 is 0. The lowest BCUT2D eigenvalue weighted by Crippen LogP contribution is -2.35. The summed E-state index contributed by atoms with van der Waals surface area (Å²) in [5.41, 5.74) is 0. The molecule has 0 amide bonds. The average Bonchev–Trinajstić information content (AvgIpc) is 2.09. The Morgan fingerprint density at radius 2 is 2.07 bits per heavy atom. The molecule has 0 fully saturated rings. The van der Waals surface area contributed by atoms with Gasteiger partial charge in [0.15, 0.2) is 0 Å². The molecule has 1 atom stereocenters. The first-order chi connectivity index (χ1) is 6.57. The Hall–Kier alpha value is -0.610. The van der Waals surface area contributed by atoms with Gasteiger partial charge in [0, 0.05) is 19.1 Å². The predicted molar refractivity (Wildman–Crippen MR) is 55.2 cm³/mol. The third-order valence-electron chi connectivity index (χ3n) is 2.22. The summed E-state index contributed by atoms with van der Waals surface area (Å²) in [7, 11) is 0. The topological polar surface area (TPSA) is 69.6 Å². The number of rotatable bonds is 8. The van der Waals surface area contributed by atoms with Gasteiger partial charge in [-0.2, -0.15) is 0 Å². The number of carboxylic acid groups (broad SMARTS) is 1. The number of aliphatic carboxylic acids is 1. The lowest BCUT2D eigenvalue weighted by molar-refractivity contribution is -0.137. The van der Waals surface area contributed by atoms with E-state index in [2.05, 4.69) is 19.2 Å². The molecule has 4 nitrogen and oxygen atoms in total. The quantitative estimate of drug-likeness (QED) is 0.511. The summed E-state index contributed by atoms with van der Waals surface area (Å²) in [6.07, 6.45) is 1.58. The van der Waals surface area contributed by atoms with E-state index in [1.807, 2.05) is 0 Å². The van der Waals surface area contributed by atoms with E-state index in [0.29, 0.717) is 18.9 Å². The monoisotopic (exact) mass is 203 g/mol. The minimum Gasteiger partial charge on any atom is -0.481 e. The molecule has 0 radical (unpaired) electrons. The van der Waals surface area contributed by atoms with Crippen molar-refractivity contribution in [2.75, 3.05) is 13.2 Å². The van der Waals surface area contributed by atoms with Crippen molar-refractivity contribution in [2.45, 2.75) is 39.2 Å². The van der Waals surface area contributed by atoms with Crippen LogP contribution >= 0.6 is 0 Å². The van der Waals surface area contributed by atoms with Crippen LogP contribution in [0.15, 0.2) is 0 Å². The molecule has 0 aliphatic carbocycles. The minimum absolute atomic E-state index is 0.175. The van der Waals surface area contributed by atoms with Gasteiger partial charge in [0.25, 0.3) is 0 Å². The summed E-state index contributed by atoms with van der Waals surface area (Å²) in [6, 6.07) is 0.286. The van der Waals surface area contributed by atoms with Crippen molar-refractivity contribution in [1.82, 2.24) is 5.32 Å². The Bertz CT molecular complexity index is 159. The number of carboxylic acids is 1. The smallest absolute Gasteiger partial charge is 0.303 e. The van der Waals surface area contributed by atoms with Crippen LogP contribution in [0, 0.1) is 5.92 Å². The highest BCUT2D eigenvalue weighted by molar-refractivity contribution is 5.66. The zero-order valence-electron chi connectivity index (χ0n) is 8.99. The van der Waals surface area contributed by atoms with Crippen molar-refractivity contribution in [2.24, 2.45) is 5.92 Å². The lowest BCUT2D eigenvalue weighted by Gasteiger charge is -2.21. The second-order valence-electron chi connectivity index (χ2n) is 3.81. The number of carbonyl (C=O) groups is 1. The molecular weight excluding hydrogens is 182 g/mol. The number of hydrogen-bond acceptors (Lipinski definition) is 3. The van der Waals surface area contributed by atoms with Gasteiger partial charge in [-0.05, 0) is 25.3 Å². The highest BCUT2D eigenvalue weighted by atomic mass is 16.4. The summed E-state index contributed by atoms with van der Waals surface area (Å²) in [6.45, 7) is 5.05. The maximum absolute atomic E-state index is 10.2. The molecule has 1 unspecified atom stereocenters. The molecule has 3 N–H and O–H groups in total. The molecule has 0 aromatic carbocycles. The molecule has 0 saturated carbocycles. The van der Waals surface area contributed by atoms with Crippen LogP contribution < -0.4 is 5.32 Å². The van der Waals surface area contributed by atoms with Gasteiger partial charge in [-0.3, -0.25) is 4.79 Å². The Morgan fingerprint density at radius 3 is 2.50 bits per heavy atom. The molecule has 0 rings (SSSR count). The van der Waals surface area contributed by atoms with E-state index >= 15 is 0 Å². The molecule has 84 valence electrons. The highest BCUT2D eigenvalue weighted by Crippen LogP contribution is 2.05. The van der Waals surface area contributed by atoms with Gasteiger partial charge in [0.1, 0.15) is 0 Å². The number of hydrogen-bond donors (Lipinski definition) is 3. The van der Waals surface area contributed by atoms with E-state index in [0.717, 1.165) is 6.42 Å². The fourth-order valence-electron chi connectivity index (χ4n) is 1.34. The van der Waals surface area contributed by atoms with E-state index in [1.54, 1.807) is 0 Å². The van der Waals surface area contributed by atoms with Crippen LogP contribution in [0.1, 0.15) is 33.1 Å². The molecular formula is C10H21NO3. The first kappa shape index (κ1) is 13.4. The maximum Gasteiger partial charge on any atom is 0.303 e. The first-order valence-electron chi connectivity index (χ1n) is 5.14. The van der Waals surface area contributed by atoms with Gasteiger partial charge in [0.05, 0.1) is 0 Å². The molecule has 14 heavy (non-hydrogen) atoms. The summed E-state index contributed by atoms with van der Waals surface area (Å²) in [5.74, 6) is -0.290. The van der Waals surface area contributed by atoms with Crippen LogP contribution in [0.4, 0.5) is 0 Å². The Labute approximate surface area is 85.3 Å². The van der Waals surface area contributed by atoms with Gasteiger partial charge in [-0.25, -0.2) is 0 Å². The fraction of sp³-hybridized carbons (Fsp3) is 0.900. The predicted octanol–water partition coefficient (Wildman–Crippen LogP) is 0.848. The normalized spacial score (nSPS) is 13.1. The molecule has 0 spiro atoms. The van der Waals surface area contributed by atoms with Crippen LogP contribution in [0.25, 0.3) is 0 Å². The van der Waals surface area contributed by atoms with Gasteiger partial charge < -0.3 is 15.5 Å². The van der Waals surface area contributed by atoms with Gasteiger partial charge in [0.2, 0.25) is 0 Å². The van der Waals surface area contributed by atoms with E-state index in [9.17, 15) is 4.79 Å². The zero-order chi connectivity index (χ0) is 11.0. The van der Waals surface area contributed by atoms with Crippen LogP contribution in [0.2, 0.25) is 0 Å². The van der Waals surface area contributed by atoms with Gasteiger partial charge in [-0.15, -0.1) is 0 Å². The molecule has 0 aromatic heterocycles. The van der Waals surface area contributed by atoms with E-state index in [4.69, 9.17) is 10.2 Å². The third kappa shape index (κ3) is 6.86. The van der Waals surface area contributed by atoms with Crippen LogP contribution in [-0.2, 0) is 4.79 Å². The molecule has 0 aliphatic rings. The Kier molecular flexibility index (Phi) is 7.42. The summed E-state index contributed by atoms with van der Waals surface area (Å²) >= 11 is 0. The van der Waals surface area contributed by atoms with Crippen molar-refractivity contribution < 1.29 is 15.0 Å². The number of nitrogens with one attached hydrogen (secondary N) is 1. The molecule has 0 bridgehead atoms. The molecule has 4 heteroatoms. The van der Waals surface area contributed by atoms with E-state index in [1.165, 1.54) is 0 Å².